The first-order chi connectivity index (χ1) is 10.0. The molecule has 0 saturated carbocycles. The van der Waals surface area contributed by atoms with Crippen LogP contribution in [0.1, 0.15) is 37.5 Å². The average Bonchev–Trinajstić information content (AvgIpc) is 2.50. The highest BCUT2D eigenvalue weighted by Gasteiger charge is 2.19. The van der Waals surface area contributed by atoms with E-state index in [0.717, 1.165) is 24.0 Å². The van der Waals surface area contributed by atoms with Crippen LogP contribution in [0.4, 0.5) is 0 Å². The van der Waals surface area contributed by atoms with Crippen LogP contribution >= 0.6 is 0 Å². The summed E-state index contributed by atoms with van der Waals surface area (Å²) in [7, 11) is 0. The number of phenolic OH excluding ortho intramolecular Hbond substituents is 3. The number of phenols is 3. The van der Waals surface area contributed by atoms with E-state index in [1.807, 2.05) is 19.1 Å². The molecule has 0 amide bonds. The molecule has 2 aromatic rings. The Morgan fingerprint density at radius 2 is 1.52 bits per heavy atom. The van der Waals surface area contributed by atoms with E-state index in [1.165, 1.54) is 11.6 Å². The van der Waals surface area contributed by atoms with Crippen LogP contribution in [0.5, 0.6) is 17.2 Å². The van der Waals surface area contributed by atoms with Gasteiger partial charge in [-0.15, -0.1) is 0 Å². The van der Waals surface area contributed by atoms with Crippen LogP contribution < -0.4 is 0 Å². The Bertz CT molecular complexity index is 660. The minimum atomic E-state index is -0.281. The average molecular weight is 286 g/mol. The second-order valence-electron chi connectivity index (χ2n) is 5.17. The third-order valence-corrected chi connectivity index (χ3v) is 3.94. The van der Waals surface area contributed by atoms with Gasteiger partial charge in [0.15, 0.2) is 11.5 Å². The van der Waals surface area contributed by atoms with Gasteiger partial charge >= 0.3 is 0 Å². The summed E-state index contributed by atoms with van der Waals surface area (Å²) in [5, 5.41) is 30.0. The minimum Gasteiger partial charge on any atom is -0.507 e. The molecule has 0 aliphatic carbocycles. The summed E-state index contributed by atoms with van der Waals surface area (Å²) >= 11 is 0. The lowest BCUT2D eigenvalue weighted by Crippen LogP contribution is -1.96. The molecule has 3 heteroatoms. The second-order valence-corrected chi connectivity index (χ2v) is 5.17. The van der Waals surface area contributed by atoms with Gasteiger partial charge in [0.1, 0.15) is 5.75 Å². The Balaban J connectivity index is 2.75. The smallest absolute Gasteiger partial charge is 0.161 e. The van der Waals surface area contributed by atoms with Crippen LogP contribution in [-0.4, -0.2) is 15.3 Å². The zero-order valence-electron chi connectivity index (χ0n) is 12.8. The number of aromatic hydroxyl groups is 3. The van der Waals surface area contributed by atoms with Gasteiger partial charge in [-0.1, -0.05) is 39.0 Å². The Morgan fingerprint density at radius 3 is 2.10 bits per heavy atom. The van der Waals surface area contributed by atoms with E-state index in [1.54, 1.807) is 0 Å². The van der Waals surface area contributed by atoms with E-state index in [-0.39, 0.29) is 17.2 Å². The van der Waals surface area contributed by atoms with Gasteiger partial charge in [-0.25, -0.2) is 0 Å². The molecule has 0 unspecified atom stereocenters. The fourth-order valence-corrected chi connectivity index (χ4v) is 2.75. The molecule has 0 atom stereocenters. The first kappa shape index (κ1) is 15.2. The molecule has 3 N–H and O–H groups in total. The molecule has 0 heterocycles. The third kappa shape index (κ3) is 2.68. The van der Waals surface area contributed by atoms with Crippen LogP contribution in [0.15, 0.2) is 24.3 Å². The largest absolute Gasteiger partial charge is 0.507 e. The highest BCUT2D eigenvalue weighted by Crippen LogP contribution is 2.44. The van der Waals surface area contributed by atoms with Gasteiger partial charge in [0.2, 0.25) is 0 Å². The summed E-state index contributed by atoms with van der Waals surface area (Å²) < 4.78 is 0. The quantitative estimate of drug-likeness (QED) is 0.584. The maximum Gasteiger partial charge on any atom is 0.161 e. The van der Waals surface area contributed by atoms with Crippen LogP contribution in [0.25, 0.3) is 11.1 Å². The lowest BCUT2D eigenvalue weighted by Gasteiger charge is -2.17. The van der Waals surface area contributed by atoms with Crippen molar-refractivity contribution in [1.82, 2.24) is 0 Å². The predicted molar refractivity (Wildman–Crippen MR) is 85.0 cm³/mol. The fraction of sp³-hybridized carbons (Fsp3) is 0.333. The molecule has 0 radical (unpaired) electrons. The molecule has 2 aromatic carbocycles. The Hall–Kier alpha value is -2.16. The van der Waals surface area contributed by atoms with Crippen LogP contribution in [0.3, 0.4) is 0 Å². The summed E-state index contributed by atoms with van der Waals surface area (Å²) in [6.07, 6.45) is 2.33. The normalized spacial score (nSPS) is 10.8. The standard InChI is InChI=1S/C18H22O3/c1-4-11-7-8-14(12(5-2)9-11)17-13(6-3)18(21)16(20)10-15(17)19/h7-10,19-21H,4-6H2,1-3H3. The van der Waals surface area contributed by atoms with Crippen molar-refractivity contribution in [1.29, 1.82) is 0 Å². The zero-order chi connectivity index (χ0) is 15.6. The van der Waals surface area contributed by atoms with Gasteiger partial charge in [-0.05, 0) is 36.0 Å². The lowest BCUT2D eigenvalue weighted by molar-refractivity contribution is 0.393. The van der Waals surface area contributed by atoms with Gasteiger partial charge in [0, 0.05) is 17.2 Å². The Labute approximate surface area is 125 Å². The third-order valence-electron chi connectivity index (χ3n) is 3.94. The van der Waals surface area contributed by atoms with E-state index >= 15 is 0 Å². The molecule has 112 valence electrons. The zero-order valence-corrected chi connectivity index (χ0v) is 12.8. The fourth-order valence-electron chi connectivity index (χ4n) is 2.75. The Kier molecular flexibility index (Phi) is 4.41. The van der Waals surface area contributed by atoms with Crippen molar-refractivity contribution in [3.05, 3.63) is 41.0 Å². The van der Waals surface area contributed by atoms with Crippen LogP contribution in [0, 0.1) is 0 Å². The first-order valence-corrected chi connectivity index (χ1v) is 7.42. The summed E-state index contributed by atoms with van der Waals surface area (Å²) in [6.45, 7) is 6.07. The van der Waals surface area contributed by atoms with Gasteiger partial charge in [0.25, 0.3) is 0 Å². The summed E-state index contributed by atoms with van der Waals surface area (Å²) in [4.78, 5) is 0. The number of rotatable bonds is 4. The van der Waals surface area contributed by atoms with E-state index in [9.17, 15) is 15.3 Å². The summed E-state index contributed by atoms with van der Waals surface area (Å²) in [6, 6.07) is 7.37. The summed E-state index contributed by atoms with van der Waals surface area (Å²) in [5.41, 5.74) is 4.48. The van der Waals surface area contributed by atoms with Gasteiger partial charge in [-0.3, -0.25) is 0 Å². The molecule has 0 bridgehead atoms. The lowest BCUT2D eigenvalue weighted by atomic mass is 9.90. The van der Waals surface area contributed by atoms with Crippen LogP contribution in [-0.2, 0) is 19.3 Å². The van der Waals surface area contributed by atoms with E-state index < -0.39 is 0 Å². The number of hydrogen-bond acceptors (Lipinski definition) is 3. The molecular weight excluding hydrogens is 264 g/mol. The van der Waals surface area contributed by atoms with Crippen molar-refractivity contribution < 1.29 is 15.3 Å². The van der Waals surface area contributed by atoms with Crippen LogP contribution in [0.2, 0.25) is 0 Å². The molecule has 0 aliphatic heterocycles. The van der Waals surface area contributed by atoms with Crippen molar-refractivity contribution in [3.63, 3.8) is 0 Å². The molecule has 0 spiro atoms. The SMILES string of the molecule is CCc1ccc(-c2c(O)cc(O)c(O)c2CC)c(CC)c1. The highest BCUT2D eigenvalue weighted by atomic mass is 16.3. The topological polar surface area (TPSA) is 60.7 Å². The number of aryl methyl sites for hydroxylation is 2. The molecule has 2 rings (SSSR count). The van der Waals surface area contributed by atoms with Crippen molar-refractivity contribution in [2.45, 2.75) is 40.0 Å². The minimum absolute atomic E-state index is 0.00102. The van der Waals surface area contributed by atoms with E-state index in [4.69, 9.17) is 0 Å². The molecular formula is C18H22O3. The molecule has 3 nitrogen and oxygen atoms in total. The van der Waals surface area contributed by atoms with Crippen molar-refractivity contribution >= 4 is 0 Å². The summed E-state index contributed by atoms with van der Waals surface area (Å²) in [5.74, 6) is -0.427. The second kappa shape index (κ2) is 6.08. The number of hydrogen-bond donors (Lipinski definition) is 3. The Morgan fingerprint density at radius 1 is 0.810 bits per heavy atom. The molecule has 21 heavy (non-hydrogen) atoms. The molecule has 0 saturated heterocycles. The van der Waals surface area contributed by atoms with Gasteiger partial charge in [-0.2, -0.15) is 0 Å². The monoisotopic (exact) mass is 286 g/mol. The maximum absolute atomic E-state index is 10.3. The predicted octanol–water partition coefficient (Wildman–Crippen LogP) is 4.16. The van der Waals surface area contributed by atoms with E-state index in [0.29, 0.717) is 17.5 Å². The van der Waals surface area contributed by atoms with Crippen molar-refractivity contribution in [2.75, 3.05) is 0 Å². The van der Waals surface area contributed by atoms with Gasteiger partial charge < -0.3 is 15.3 Å². The highest BCUT2D eigenvalue weighted by molar-refractivity contribution is 5.80. The molecule has 0 aromatic heterocycles. The van der Waals surface area contributed by atoms with Crippen molar-refractivity contribution in [3.8, 4) is 28.4 Å². The molecule has 0 aliphatic rings. The number of benzene rings is 2. The molecule has 0 fully saturated rings. The van der Waals surface area contributed by atoms with E-state index in [2.05, 4.69) is 19.9 Å². The first-order valence-electron chi connectivity index (χ1n) is 7.42. The maximum atomic E-state index is 10.3. The van der Waals surface area contributed by atoms with Crippen molar-refractivity contribution in [2.24, 2.45) is 0 Å². The van der Waals surface area contributed by atoms with Gasteiger partial charge in [0.05, 0.1) is 0 Å².